The number of benzene rings is 1. The Morgan fingerprint density at radius 2 is 2.00 bits per heavy atom. The Bertz CT molecular complexity index is 413. The lowest BCUT2D eigenvalue weighted by atomic mass is 10.0. The van der Waals surface area contributed by atoms with Gasteiger partial charge in [0.05, 0.1) is 13.5 Å². The van der Waals surface area contributed by atoms with Crippen molar-refractivity contribution < 1.29 is 18.7 Å². The molecule has 1 rings (SSSR count). The van der Waals surface area contributed by atoms with Crippen LogP contribution in [0.5, 0.6) is 0 Å². The average Bonchev–Trinajstić information content (AvgIpc) is 2.29. The number of rotatable bonds is 4. The van der Waals surface area contributed by atoms with Crippen molar-refractivity contribution in [3.8, 4) is 0 Å². The van der Waals surface area contributed by atoms with Gasteiger partial charge in [-0.3, -0.25) is 9.59 Å². The summed E-state index contributed by atoms with van der Waals surface area (Å²) in [6.45, 7) is 1.59. The van der Waals surface area contributed by atoms with Gasteiger partial charge in [0, 0.05) is 12.0 Å². The first kappa shape index (κ1) is 12.4. The third-order valence-electron chi connectivity index (χ3n) is 2.26. The molecule has 0 fully saturated rings. The molecule has 0 radical (unpaired) electrons. The van der Waals surface area contributed by atoms with Crippen LogP contribution in [0.15, 0.2) is 18.2 Å². The van der Waals surface area contributed by atoms with Crippen LogP contribution in [0, 0.1) is 12.7 Å². The van der Waals surface area contributed by atoms with Crippen molar-refractivity contribution in [2.75, 3.05) is 7.11 Å². The van der Waals surface area contributed by atoms with Gasteiger partial charge in [-0.15, -0.1) is 0 Å². The number of aryl methyl sites for hydroxylation is 1. The molecule has 0 amide bonds. The lowest BCUT2D eigenvalue weighted by Gasteiger charge is -2.02. The number of ketones is 1. The van der Waals surface area contributed by atoms with Crippen LogP contribution in [0.1, 0.15) is 28.8 Å². The molecule has 3 nitrogen and oxygen atoms in total. The van der Waals surface area contributed by atoms with E-state index in [0.717, 1.165) is 0 Å². The number of esters is 1. The molecule has 16 heavy (non-hydrogen) atoms. The maximum Gasteiger partial charge on any atom is 0.305 e. The van der Waals surface area contributed by atoms with E-state index in [1.165, 1.54) is 25.3 Å². The molecule has 0 aromatic heterocycles. The minimum Gasteiger partial charge on any atom is -0.469 e. The van der Waals surface area contributed by atoms with Crippen LogP contribution in [-0.2, 0) is 9.53 Å². The molecule has 1 aromatic rings. The Kier molecular flexibility index (Phi) is 4.17. The monoisotopic (exact) mass is 224 g/mol. The summed E-state index contributed by atoms with van der Waals surface area (Å²) < 4.78 is 17.4. The Balaban J connectivity index is 2.66. The van der Waals surface area contributed by atoms with Gasteiger partial charge in [-0.1, -0.05) is 0 Å². The van der Waals surface area contributed by atoms with E-state index in [9.17, 15) is 14.0 Å². The van der Waals surface area contributed by atoms with E-state index in [1.54, 1.807) is 6.92 Å². The lowest BCUT2D eigenvalue weighted by Crippen LogP contribution is -2.06. The van der Waals surface area contributed by atoms with Crippen LogP contribution in [0.2, 0.25) is 0 Å². The highest BCUT2D eigenvalue weighted by atomic mass is 19.1. The first-order valence-corrected chi connectivity index (χ1v) is 4.90. The van der Waals surface area contributed by atoms with Gasteiger partial charge in [0.1, 0.15) is 5.82 Å². The molecule has 0 atom stereocenters. The molecule has 4 heteroatoms. The van der Waals surface area contributed by atoms with Gasteiger partial charge >= 0.3 is 5.97 Å². The molecule has 0 heterocycles. The highest BCUT2D eigenvalue weighted by molar-refractivity contribution is 5.97. The second-order valence-corrected chi connectivity index (χ2v) is 3.46. The number of methoxy groups -OCH3 is 1. The van der Waals surface area contributed by atoms with E-state index in [2.05, 4.69) is 4.74 Å². The quantitative estimate of drug-likeness (QED) is 0.582. The van der Waals surface area contributed by atoms with Crippen LogP contribution >= 0.6 is 0 Å². The molecule has 0 aliphatic heterocycles. The Morgan fingerprint density at radius 1 is 1.31 bits per heavy atom. The van der Waals surface area contributed by atoms with Crippen LogP contribution in [0.4, 0.5) is 4.39 Å². The van der Waals surface area contributed by atoms with E-state index in [-0.39, 0.29) is 24.4 Å². The third kappa shape index (κ3) is 3.15. The molecule has 0 bridgehead atoms. The van der Waals surface area contributed by atoms with Crippen molar-refractivity contribution in [2.24, 2.45) is 0 Å². The molecule has 0 saturated carbocycles. The van der Waals surface area contributed by atoms with Crippen LogP contribution < -0.4 is 0 Å². The zero-order valence-corrected chi connectivity index (χ0v) is 9.25. The van der Waals surface area contributed by atoms with E-state index < -0.39 is 5.97 Å². The van der Waals surface area contributed by atoms with Gasteiger partial charge in [0.2, 0.25) is 0 Å². The van der Waals surface area contributed by atoms with Gasteiger partial charge in [0.25, 0.3) is 0 Å². The fourth-order valence-corrected chi connectivity index (χ4v) is 1.28. The Labute approximate surface area is 93.2 Å². The second-order valence-electron chi connectivity index (χ2n) is 3.46. The van der Waals surface area contributed by atoms with Crippen molar-refractivity contribution in [1.29, 1.82) is 0 Å². The Morgan fingerprint density at radius 3 is 2.56 bits per heavy atom. The molecule has 0 aliphatic rings. The zero-order valence-electron chi connectivity index (χ0n) is 9.25. The fraction of sp³-hybridized carbons (Fsp3) is 0.333. The predicted molar refractivity (Wildman–Crippen MR) is 56.7 cm³/mol. The normalized spacial score (nSPS) is 9.94. The van der Waals surface area contributed by atoms with Crippen molar-refractivity contribution in [1.82, 2.24) is 0 Å². The number of hydrogen-bond donors (Lipinski definition) is 0. The van der Waals surface area contributed by atoms with E-state index in [1.807, 2.05) is 0 Å². The smallest absolute Gasteiger partial charge is 0.305 e. The van der Waals surface area contributed by atoms with Crippen LogP contribution in [0.3, 0.4) is 0 Å². The van der Waals surface area contributed by atoms with E-state index >= 15 is 0 Å². The van der Waals surface area contributed by atoms with Gasteiger partial charge in [-0.05, 0) is 30.7 Å². The predicted octanol–water partition coefficient (Wildman–Crippen LogP) is 2.27. The van der Waals surface area contributed by atoms with Gasteiger partial charge in [-0.25, -0.2) is 4.39 Å². The molecular formula is C12H13FO3. The molecule has 86 valence electrons. The molecule has 1 aromatic carbocycles. The zero-order chi connectivity index (χ0) is 12.1. The van der Waals surface area contributed by atoms with Gasteiger partial charge < -0.3 is 4.74 Å². The number of halogens is 1. The minimum absolute atomic E-state index is 0.0474. The van der Waals surface area contributed by atoms with E-state index in [4.69, 9.17) is 0 Å². The highest BCUT2D eigenvalue weighted by Gasteiger charge is 2.10. The number of hydrogen-bond acceptors (Lipinski definition) is 3. The largest absolute Gasteiger partial charge is 0.469 e. The molecular weight excluding hydrogens is 211 g/mol. The van der Waals surface area contributed by atoms with Crippen LogP contribution in [0.25, 0.3) is 0 Å². The molecule has 0 aliphatic carbocycles. The minimum atomic E-state index is -0.424. The van der Waals surface area contributed by atoms with Crippen molar-refractivity contribution in [3.05, 3.63) is 35.1 Å². The maximum absolute atomic E-state index is 12.9. The lowest BCUT2D eigenvalue weighted by molar-refractivity contribution is -0.140. The Hall–Kier alpha value is -1.71. The van der Waals surface area contributed by atoms with Crippen LogP contribution in [-0.4, -0.2) is 18.9 Å². The standard InChI is InChI=1S/C12H13FO3/c1-8-7-9(3-4-10(8)13)11(14)5-6-12(15)16-2/h3-4,7H,5-6H2,1-2H3. The summed E-state index contributed by atoms with van der Waals surface area (Å²) in [5.41, 5.74) is 0.840. The number of carbonyl (C=O) groups excluding carboxylic acids is 2. The van der Waals surface area contributed by atoms with Gasteiger partial charge in [-0.2, -0.15) is 0 Å². The topological polar surface area (TPSA) is 43.4 Å². The maximum atomic E-state index is 12.9. The average molecular weight is 224 g/mol. The van der Waals surface area contributed by atoms with Gasteiger partial charge in [0.15, 0.2) is 5.78 Å². The summed E-state index contributed by atoms with van der Waals surface area (Å²) in [5, 5.41) is 0. The van der Waals surface area contributed by atoms with Crippen molar-refractivity contribution >= 4 is 11.8 Å². The number of carbonyl (C=O) groups is 2. The summed E-state index contributed by atoms with van der Waals surface area (Å²) >= 11 is 0. The highest BCUT2D eigenvalue weighted by Crippen LogP contribution is 2.12. The molecule has 0 unspecified atom stereocenters. The van der Waals surface area contributed by atoms with Crippen molar-refractivity contribution in [2.45, 2.75) is 19.8 Å². The summed E-state index contributed by atoms with van der Waals surface area (Å²) in [4.78, 5) is 22.4. The van der Waals surface area contributed by atoms with Crippen molar-refractivity contribution in [3.63, 3.8) is 0 Å². The summed E-state index contributed by atoms with van der Waals surface area (Å²) in [6, 6.07) is 4.15. The van der Waals surface area contributed by atoms with E-state index in [0.29, 0.717) is 11.1 Å². The summed E-state index contributed by atoms with van der Waals surface area (Å²) in [5.74, 6) is -0.954. The first-order valence-electron chi connectivity index (χ1n) is 4.90. The first-order chi connectivity index (χ1) is 7.54. The number of Topliss-reactive ketones (excluding diaryl/α,β-unsaturated/α-hetero) is 1. The fourth-order valence-electron chi connectivity index (χ4n) is 1.28. The molecule has 0 saturated heterocycles. The summed E-state index contributed by atoms with van der Waals surface area (Å²) in [7, 11) is 1.27. The third-order valence-corrected chi connectivity index (χ3v) is 2.26. The molecule has 0 spiro atoms. The number of ether oxygens (including phenoxy) is 1. The molecule has 0 N–H and O–H groups in total. The summed E-state index contributed by atoms with van der Waals surface area (Å²) in [6.07, 6.45) is 0.128. The SMILES string of the molecule is COC(=O)CCC(=O)c1ccc(F)c(C)c1. The second kappa shape index (κ2) is 5.39.